The fraction of sp³-hybridized carbons (Fsp3) is 0.778. The fourth-order valence-corrected chi connectivity index (χ4v) is 4.74. The van der Waals surface area contributed by atoms with Crippen molar-refractivity contribution in [2.45, 2.75) is 69.3 Å². The fourth-order valence-electron chi connectivity index (χ4n) is 3.77. The van der Waals surface area contributed by atoms with Gasteiger partial charge in [0.15, 0.2) is 5.16 Å². The van der Waals surface area contributed by atoms with E-state index in [1.807, 2.05) is 16.4 Å². The Bertz CT molecular complexity index is 663. The number of piperidine rings is 1. The van der Waals surface area contributed by atoms with Gasteiger partial charge >= 0.3 is 0 Å². The summed E-state index contributed by atoms with van der Waals surface area (Å²) in [6.07, 6.45) is 3.65. The SMILES string of the molecule is C[C@@H]1C[C@H](C)CN(C(=O)[C@@H](C)Sc2nnc(C3CC3)n2CCC(N)=O)C1. The van der Waals surface area contributed by atoms with Crippen molar-refractivity contribution in [1.29, 1.82) is 0 Å². The summed E-state index contributed by atoms with van der Waals surface area (Å²) in [6.45, 7) is 8.48. The summed E-state index contributed by atoms with van der Waals surface area (Å²) in [5.74, 6) is 2.26. The Hall–Kier alpha value is -1.57. The number of likely N-dealkylation sites (tertiary alicyclic amines) is 1. The lowest BCUT2D eigenvalue weighted by molar-refractivity contribution is -0.133. The first-order valence-electron chi connectivity index (χ1n) is 9.52. The number of nitrogens with two attached hydrogens (primary N) is 1. The van der Waals surface area contributed by atoms with Gasteiger partial charge in [0.05, 0.1) is 5.25 Å². The highest BCUT2D eigenvalue weighted by atomic mass is 32.2. The van der Waals surface area contributed by atoms with Gasteiger partial charge in [-0.1, -0.05) is 25.6 Å². The lowest BCUT2D eigenvalue weighted by Crippen LogP contribution is -2.45. The van der Waals surface area contributed by atoms with Crippen LogP contribution in [0.3, 0.4) is 0 Å². The molecule has 0 aromatic carbocycles. The molecule has 2 fully saturated rings. The third-order valence-corrected chi connectivity index (χ3v) is 6.15. The van der Waals surface area contributed by atoms with Gasteiger partial charge in [-0.05, 0) is 38.0 Å². The zero-order valence-electron chi connectivity index (χ0n) is 15.9. The number of carbonyl (C=O) groups excluding carboxylic acids is 2. The zero-order valence-corrected chi connectivity index (χ0v) is 16.7. The summed E-state index contributed by atoms with van der Waals surface area (Å²) in [7, 11) is 0. The van der Waals surface area contributed by atoms with Crippen LogP contribution in [0.2, 0.25) is 0 Å². The third-order valence-electron chi connectivity index (χ3n) is 5.08. The second kappa shape index (κ2) is 7.98. The highest BCUT2D eigenvalue weighted by Crippen LogP contribution is 2.40. The molecule has 0 bridgehead atoms. The Morgan fingerprint density at radius 1 is 1.23 bits per heavy atom. The molecule has 0 spiro atoms. The van der Waals surface area contributed by atoms with Crippen molar-refractivity contribution >= 4 is 23.6 Å². The monoisotopic (exact) mass is 379 g/mol. The van der Waals surface area contributed by atoms with Gasteiger partial charge in [-0.15, -0.1) is 10.2 Å². The molecule has 3 atom stereocenters. The molecule has 2 N–H and O–H groups in total. The Morgan fingerprint density at radius 3 is 2.46 bits per heavy atom. The molecule has 2 heterocycles. The topological polar surface area (TPSA) is 94.1 Å². The van der Waals surface area contributed by atoms with Crippen LogP contribution < -0.4 is 5.73 Å². The van der Waals surface area contributed by atoms with Crippen LogP contribution in [-0.4, -0.2) is 49.8 Å². The second-order valence-electron chi connectivity index (χ2n) is 7.93. The number of hydrogen-bond acceptors (Lipinski definition) is 5. The van der Waals surface area contributed by atoms with Crippen molar-refractivity contribution in [3.63, 3.8) is 0 Å². The second-order valence-corrected chi connectivity index (χ2v) is 9.24. The van der Waals surface area contributed by atoms with Crippen LogP contribution in [0, 0.1) is 11.8 Å². The first-order chi connectivity index (χ1) is 12.3. The molecule has 144 valence electrons. The summed E-state index contributed by atoms with van der Waals surface area (Å²) in [4.78, 5) is 26.1. The summed E-state index contributed by atoms with van der Waals surface area (Å²) < 4.78 is 1.98. The highest BCUT2D eigenvalue weighted by molar-refractivity contribution is 8.00. The van der Waals surface area contributed by atoms with E-state index in [4.69, 9.17) is 5.73 Å². The van der Waals surface area contributed by atoms with E-state index >= 15 is 0 Å². The molecule has 0 unspecified atom stereocenters. The van der Waals surface area contributed by atoms with Crippen LogP contribution >= 0.6 is 11.8 Å². The molecule has 1 aromatic heterocycles. The maximum atomic E-state index is 12.9. The number of primary amides is 1. The van der Waals surface area contributed by atoms with Gasteiger partial charge in [0.1, 0.15) is 5.82 Å². The lowest BCUT2D eigenvalue weighted by atomic mass is 9.92. The van der Waals surface area contributed by atoms with Gasteiger partial charge in [-0.25, -0.2) is 0 Å². The average Bonchev–Trinajstić information content (AvgIpc) is 3.33. The van der Waals surface area contributed by atoms with E-state index < -0.39 is 0 Å². The van der Waals surface area contributed by atoms with E-state index in [-0.39, 0.29) is 23.5 Å². The third kappa shape index (κ3) is 4.58. The van der Waals surface area contributed by atoms with Crippen LogP contribution in [0.15, 0.2) is 5.16 Å². The molecular weight excluding hydrogens is 350 g/mol. The Labute approximate surface area is 159 Å². The minimum absolute atomic E-state index is 0.158. The van der Waals surface area contributed by atoms with Gasteiger partial charge in [0.2, 0.25) is 11.8 Å². The molecule has 1 aliphatic heterocycles. The van der Waals surface area contributed by atoms with Crippen LogP contribution in [0.25, 0.3) is 0 Å². The molecule has 1 saturated heterocycles. The number of nitrogens with zero attached hydrogens (tertiary/aromatic N) is 4. The number of thioether (sulfide) groups is 1. The Kier molecular flexibility index (Phi) is 5.89. The predicted octanol–water partition coefficient (Wildman–Crippen LogP) is 2.02. The summed E-state index contributed by atoms with van der Waals surface area (Å²) in [5, 5.41) is 9.12. The van der Waals surface area contributed by atoms with E-state index in [1.54, 1.807) is 0 Å². The van der Waals surface area contributed by atoms with Gasteiger partial charge in [-0.3, -0.25) is 9.59 Å². The van der Waals surface area contributed by atoms with E-state index in [2.05, 4.69) is 24.0 Å². The smallest absolute Gasteiger partial charge is 0.235 e. The molecule has 2 aliphatic rings. The molecule has 0 radical (unpaired) electrons. The molecule has 8 heteroatoms. The van der Waals surface area contributed by atoms with Gasteiger partial charge in [0, 0.05) is 32.0 Å². The van der Waals surface area contributed by atoms with E-state index in [0.717, 1.165) is 31.8 Å². The van der Waals surface area contributed by atoms with Crippen molar-refractivity contribution in [3.05, 3.63) is 5.82 Å². The van der Waals surface area contributed by atoms with E-state index in [9.17, 15) is 9.59 Å². The first kappa shape index (κ1) is 19.2. The maximum Gasteiger partial charge on any atom is 0.235 e. The first-order valence-corrected chi connectivity index (χ1v) is 10.4. The van der Waals surface area contributed by atoms with Crippen LogP contribution in [0.4, 0.5) is 0 Å². The highest BCUT2D eigenvalue weighted by Gasteiger charge is 2.33. The van der Waals surface area contributed by atoms with Gasteiger partial charge in [-0.2, -0.15) is 0 Å². The zero-order chi connectivity index (χ0) is 18.8. The number of carbonyl (C=O) groups is 2. The summed E-state index contributed by atoms with van der Waals surface area (Å²) in [5.41, 5.74) is 5.31. The maximum absolute atomic E-state index is 12.9. The number of hydrogen-bond donors (Lipinski definition) is 1. The molecule has 3 rings (SSSR count). The molecule has 2 amide bonds. The van der Waals surface area contributed by atoms with E-state index in [1.165, 1.54) is 18.2 Å². The van der Waals surface area contributed by atoms with Crippen molar-refractivity contribution in [2.75, 3.05) is 13.1 Å². The Morgan fingerprint density at radius 2 is 1.88 bits per heavy atom. The standard InChI is InChI=1S/C18H29N5O2S/c1-11-8-12(2)10-22(9-11)17(25)13(3)26-18-21-20-16(14-4-5-14)23(18)7-6-15(19)24/h11-14H,4-10H2,1-3H3,(H2,19,24)/t11-,12+,13-/m1/s1. The van der Waals surface area contributed by atoms with Crippen LogP contribution in [-0.2, 0) is 16.1 Å². The normalized spacial score (nSPS) is 24.5. The van der Waals surface area contributed by atoms with E-state index in [0.29, 0.717) is 29.5 Å². The molecular formula is C18H29N5O2S. The van der Waals surface area contributed by atoms with Gasteiger partial charge in [0.25, 0.3) is 0 Å². The molecule has 26 heavy (non-hydrogen) atoms. The van der Waals surface area contributed by atoms with Gasteiger partial charge < -0.3 is 15.2 Å². The van der Waals surface area contributed by atoms with Crippen molar-refractivity contribution < 1.29 is 9.59 Å². The van der Waals surface area contributed by atoms with Crippen molar-refractivity contribution in [1.82, 2.24) is 19.7 Å². The number of rotatable bonds is 7. The predicted molar refractivity (Wildman–Crippen MR) is 101 cm³/mol. The number of aromatic nitrogens is 3. The van der Waals surface area contributed by atoms with Crippen molar-refractivity contribution in [2.24, 2.45) is 17.6 Å². The molecule has 1 aromatic rings. The summed E-state index contributed by atoms with van der Waals surface area (Å²) >= 11 is 1.44. The van der Waals surface area contributed by atoms with Crippen molar-refractivity contribution in [3.8, 4) is 0 Å². The van der Waals surface area contributed by atoms with Crippen LogP contribution in [0.5, 0.6) is 0 Å². The minimum atomic E-state index is -0.336. The molecule has 7 nitrogen and oxygen atoms in total. The average molecular weight is 380 g/mol. The van der Waals surface area contributed by atoms with Crippen LogP contribution in [0.1, 0.15) is 58.2 Å². The summed E-state index contributed by atoms with van der Waals surface area (Å²) in [6, 6.07) is 0. The Balaban J connectivity index is 1.69. The largest absolute Gasteiger partial charge is 0.370 e. The molecule has 1 saturated carbocycles. The lowest BCUT2D eigenvalue weighted by Gasteiger charge is -2.36. The quantitative estimate of drug-likeness (QED) is 0.732. The molecule has 1 aliphatic carbocycles. The minimum Gasteiger partial charge on any atom is -0.370 e. The number of amides is 2.